The van der Waals surface area contributed by atoms with Crippen LogP contribution in [0.3, 0.4) is 0 Å². The van der Waals surface area contributed by atoms with Crippen LogP contribution >= 0.6 is 11.6 Å². The molecule has 0 unspecified atom stereocenters. The summed E-state index contributed by atoms with van der Waals surface area (Å²) in [5.41, 5.74) is 2.42. The highest BCUT2D eigenvalue weighted by molar-refractivity contribution is 6.32. The number of nitrogens with zero attached hydrogens (tertiary/aromatic N) is 3. The highest BCUT2D eigenvalue weighted by Crippen LogP contribution is 2.25. The second-order valence-corrected chi connectivity index (χ2v) is 6.24. The Morgan fingerprint density at radius 1 is 1.15 bits per heavy atom. The van der Waals surface area contributed by atoms with Gasteiger partial charge >= 0.3 is 0 Å². The number of anilines is 1. The summed E-state index contributed by atoms with van der Waals surface area (Å²) < 4.78 is 6.66. The first-order valence-electron chi connectivity index (χ1n) is 8.30. The molecule has 0 saturated heterocycles. The van der Waals surface area contributed by atoms with Crippen molar-refractivity contribution >= 4 is 17.3 Å². The Morgan fingerprint density at radius 3 is 2.62 bits per heavy atom. The Kier molecular flexibility index (Phi) is 5.28. The second-order valence-electron chi connectivity index (χ2n) is 5.83. The molecular weight excluding hydrogens is 350 g/mol. The number of benzene rings is 2. The minimum Gasteiger partial charge on any atom is -0.497 e. The average molecular weight is 370 g/mol. The summed E-state index contributed by atoms with van der Waals surface area (Å²) in [6.07, 6.45) is 0. The molecule has 134 valence electrons. The van der Waals surface area contributed by atoms with Crippen LogP contribution in [0.2, 0.25) is 5.02 Å². The molecule has 0 aliphatic carbocycles. The van der Waals surface area contributed by atoms with E-state index >= 15 is 0 Å². The van der Waals surface area contributed by atoms with Crippen LogP contribution < -0.4 is 15.2 Å². The lowest BCUT2D eigenvalue weighted by Gasteiger charge is -2.19. The third-order valence-corrected chi connectivity index (χ3v) is 4.54. The van der Waals surface area contributed by atoms with E-state index in [1.165, 1.54) is 4.68 Å². The largest absolute Gasteiger partial charge is 0.497 e. The molecule has 0 spiro atoms. The van der Waals surface area contributed by atoms with Gasteiger partial charge in [-0.1, -0.05) is 35.9 Å². The van der Waals surface area contributed by atoms with Crippen LogP contribution in [0.4, 0.5) is 5.69 Å². The lowest BCUT2D eigenvalue weighted by atomic mass is 10.1. The topological polar surface area (TPSA) is 47.4 Å². The van der Waals surface area contributed by atoms with Crippen molar-refractivity contribution in [1.29, 1.82) is 0 Å². The standard InChI is InChI=1S/C20H20ClN3O2/c1-4-23(2)19-13-17(14-8-7-9-15(12-14)26-3)22-24(20(19)25)18-11-6-5-10-16(18)21/h5-13H,4H2,1-3H3. The number of hydrogen-bond donors (Lipinski definition) is 0. The molecule has 0 bridgehead atoms. The Morgan fingerprint density at radius 2 is 1.92 bits per heavy atom. The molecule has 0 fully saturated rings. The predicted octanol–water partition coefficient (Wildman–Crippen LogP) is 4.02. The van der Waals surface area contributed by atoms with E-state index in [0.29, 0.717) is 28.6 Å². The third kappa shape index (κ3) is 3.44. The zero-order valence-corrected chi connectivity index (χ0v) is 15.7. The van der Waals surface area contributed by atoms with Crippen LogP contribution in [0, 0.1) is 0 Å². The predicted molar refractivity (Wildman–Crippen MR) is 106 cm³/mol. The van der Waals surface area contributed by atoms with E-state index in [9.17, 15) is 4.79 Å². The van der Waals surface area contributed by atoms with E-state index in [1.807, 2.05) is 55.3 Å². The van der Waals surface area contributed by atoms with Gasteiger partial charge in [0.2, 0.25) is 0 Å². The van der Waals surface area contributed by atoms with Gasteiger partial charge in [-0.15, -0.1) is 0 Å². The maximum absolute atomic E-state index is 13.0. The fourth-order valence-electron chi connectivity index (χ4n) is 2.64. The van der Waals surface area contributed by atoms with Gasteiger partial charge in [0.25, 0.3) is 5.56 Å². The van der Waals surface area contributed by atoms with E-state index in [0.717, 1.165) is 11.3 Å². The molecule has 0 amide bonds. The number of ether oxygens (including phenoxy) is 1. The Balaban J connectivity index is 2.27. The van der Waals surface area contributed by atoms with Crippen molar-refractivity contribution in [2.24, 2.45) is 0 Å². The van der Waals surface area contributed by atoms with Gasteiger partial charge in [0.15, 0.2) is 0 Å². The number of aromatic nitrogens is 2. The van der Waals surface area contributed by atoms with E-state index in [1.54, 1.807) is 25.3 Å². The summed E-state index contributed by atoms with van der Waals surface area (Å²) in [4.78, 5) is 14.9. The van der Waals surface area contributed by atoms with E-state index < -0.39 is 0 Å². The van der Waals surface area contributed by atoms with Crippen molar-refractivity contribution in [2.75, 3.05) is 25.6 Å². The van der Waals surface area contributed by atoms with Gasteiger partial charge in [0.1, 0.15) is 11.4 Å². The van der Waals surface area contributed by atoms with E-state index in [2.05, 4.69) is 5.10 Å². The number of para-hydroxylation sites is 1. The molecule has 0 radical (unpaired) electrons. The lowest BCUT2D eigenvalue weighted by molar-refractivity contribution is 0.415. The normalized spacial score (nSPS) is 10.6. The minimum atomic E-state index is -0.214. The summed E-state index contributed by atoms with van der Waals surface area (Å²) in [6, 6.07) is 16.6. The summed E-state index contributed by atoms with van der Waals surface area (Å²) in [7, 11) is 3.50. The fraction of sp³-hybridized carbons (Fsp3) is 0.200. The van der Waals surface area contributed by atoms with Gasteiger partial charge in [-0.25, -0.2) is 0 Å². The third-order valence-electron chi connectivity index (χ3n) is 4.22. The molecule has 0 aliphatic heterocycles. The molecule has 2 aromatic carbocycles. The van der Waals surface area contributed by atoms with Crippen LogP contribution in [-0.4, -0.2) is 30.5 Å². The fourth-order valence-corrected chi connectivity index (χ4v) is 2.85. The van der Waals surface area contributed by atoms with Crippen LogP contribution in [-0.2, 0) is 0 Å². The van der Waals surface area contributed by atoms with Crippen LogP contribution in [0.15, 0.2) is 59.4 Å². The molecule has 1 heterocycles. The molecule has 26 heavy (non-hydrogen) atoms. The first-order valence-corrected chi connectivity index (χ1v) is 8.67. The molecule has 1 aromatic heterocycles. The maximum Gasteiger partial charge on any atom is 0.295 e. The SMILES string of the molecule is CCN(C)c1cc(-c2cccc(OC)c2)nn(-c2ccccc2Cl)c1=O. The Hall–Kier alpha value is -2.79. The van der Waals surface area contributed by atoms with Crippen molar-refractivity contribution in [3.8, 4) is 22.7 Å². The van der Waals surface area contributed by atoms with Gasteiger partial charge in [0.05, 0.1) is 23.5 Å². The second kappa shape index (κ2) is 7.62. The molecule has 3 aromatic rings. The molecule has 0 N–H and O–H groups in total. The summed E-state index contributed by atoms with van der Waals surface area (Å²) in [5, 5.41) is 5.03. The zero-order chi connectivity index (χ0) is 18.7. The van der Waals surface area contributed by atoms with Crippen LogP contribution in [0.25, 0.3) is 16.9 Å². The Labute approximate surface area is 157 Å². The van der Waals surface area contributed by atoms with Crippen molar-refractivity contribution in [1.82, 2.24) is 9.78 Å². The molecule has 0 atom stereocenters. The number of rotatable bonds is 5. The molecule has 0 aliphatic rings. The molecule has 5 nitrogen and oxygen atoms in total. The monoisotopic (exact) mass is 369 g/mol. The van der Waals surface area contributed by atoms with Crippen LogP contribution in [0.1, 0.15) is 6.92 Å². The maximum atomic E-state index is 13.0. The molecule has 6 heteroatoms. The van der Waals surface area contributed by atoms with Gasteiger partial charge in [-0.2, -0.15) is 9.78 Å². The van der Waals surface area contributed by atoms with Crippen molar-refractivity contribution in [2.45, 2.75) is 6.92 Å². The molecular formula is C20H20ClN3O2. The van der Waals surface area contributed by atoms with Gasteiger partial charge < -0.3 is 9.64 Å². The minimum absolute atomic E-state index is 0.214. The average Bonchev–Trinajstić information content (AvgIpc) is 2.68. The highest BCUT2D eigenvalue weighted by atomic mass is 35.5. The van der Waals surface area contributed by atoms with Gasteiger partial charge in [-0.3, -0.25) is 4.79 Å². The summed E-state index contributed by atoms with van der Waals surface area (Å²) in [5.74, 6) is 0.727. The molecule has 0 saturated carbocycles. The number of halogens is 1. The van der Waals surface area contributed by atoms with Crippen molar-refractivity contribution in [3.05, 3.63) is 70.0 Å². The van der Waals surface area contributed by atoms with Gasteiger partial charge in [0, 0.05) is 19.2 Å². The quantitative estimate of drug-likeness (QED) is 0.681. The van der Waals surface area contributed by atoms with E-state index in [4.69, 9.17) is 16.3 Å². The first-order chi connectivity index (χ1) is 12.5. The molecule has 3 rings (SSSR count). The smallest absolute Gasteiger partial charge is 0.295 e. The highest BCUT2D eigenvalue weighted by Gasteiger charge is 2.15. The van der Waals surface area contributed by atoms with E-state index in [-0.39, 0.29) is 5.56 Å². The lowest BCUT2D eigenvalue weighted by Crippen LogP contribution is -2.30. The van der Waals surface area contributed by atoms with Crippen LogP contribution in [0.5, 0.6) is 5.75 Å². The summed E-state index contributed by atoms with van der Waals surface area (Å²) in [6.45, 7) is 2.68. The van der Waals surface area contributed by atoms with Crippen molar-refractivity contribution < 1.29 is 4.74 Å². The zero-order valence-electron chi connectivity index (χ0n) is 14.9. The summed E-state index contributed by atoms with van der Waals surface area (Å²) >= 11 is 6.31. The van der Waals surface area contributed by atoms with Gasteiger partial charge in [-0.05, 0) is 37.3 Å². The Bertz CT molecular complexity index is 985. The first kappa shape index (κ1) is 18.0. The number of methoxy groups -OCH3 is 1. The van der Waals surface area contributed by atoms with Crippen molar-refractivity contribution in [3.63, 3.8) is 0 Å². The number of hydrogen-bond acceptors (Lipinski definition) is 4.